The van der Waals surface area contributed by atoms with Gasteiger partial charge in [-0.1, -0.05) is 52.3 Å². The zero-order chi connectivity index (χ0) is 19.5. The fraction of sp³-hybridized carbons (Fsp3) is 0.250. The highest BCUT2D eigenvalue weighted by molar-refractivity contribution is 9.09. The predicted octanol–water partition coefficient (Wildman–Crippen LogP) is 5.44. The van der Waals surface area contributed by atoms with E-state index in [0.717, 1.165) is 11.4 Å². The minimum Gasteiger partial charge on any atom is -0.381 e. The molecule has 0 aliphatic carbocycles. The lowest BCUT2D eigenvalue weighted by Gasteiger charge is -2.25. The maximum Gasteiger partial charge on any atom is 0.123 e. The summed E-state index contributed by atoms with van der Waals surface area (Å²) in [5.41, 5.74) is 2.11. The molecular formula is C20H21BrClFN2O. The van der Waals surface area contributed by atoms with Crippen LogP contribution in [0.4, 0.5) is 4.39 Å². The van der Waals surface area contributed by atoms with Gasteiger partial charge in [0, 0.05) is 21.6 Å². The van der Waals surface area contributed by atoms with Crippen LogP contribution in [0.15, 0.2) is 54.1 Å². The van der Waals surface area contributed by atoms with E-state index >= 15 is 0 Å². The third-order valence-corrected chi connectivity index (χ3v) is 4.59. The number of rotatable bonds is 6. The average molecular weight is 440 g/mol. The zero-order valence-corrected chi connectivity index (χ0v) is 17.3. The first-order chi connectivity index (χ1) is 12.2. The van der Waals surface area contributed by atoms with E-state index < -0.39 is 5.60 Å². The van der Waals surface area contributed by atoms with Crippen molar-refractivity contribution in [3.8, 4) is 0 Å². The molecule has 6 heteroatoms. The SMILES string of the molecule is C=C(Cl)/C=C(\C=C/CBr)n1nc(C)c(C(C)(O)c2ccc(F)cc2)c1C. The number of allylic oxidation sites excluding steroid dienone is 5. The second kappa shape index (κ2) is 8.33. The minimum absolute atomic E-state index is 0.348. The quantitative estimate of drug-likeness (QED) is 0.481. The summed E-state index contributed by atoms with van der Waals surface area (Å²) in [7, 11) is 0. The molecule has 1 aromatic carbocycles. The van der Waals surface area contributed by atoms with Crippen molar-refractivity contribution in [1.82, 2.24) is 9.78 Å². The van der Waals surface area contributed by atoms with Crippen LogP contribution in [-0.2, 0) is 5.60 Å². The van der Waals surface area contributed by atoms with Crippen molar-refractivity contribution in [3.63, 3.8) is 0 Å². The first-order valence-electron chi connectivity index (χ1n) is 8.02. The molecule has 0 aliphatic heterocycles. The Hall–Kier alpha value is -1.69. The minimum atomic E-state index is -1.32. The van der Waals surface area contributed by atoms with Gasteiger partial charge in [0.2, 0.25) is 0 Å². The van der Waals surface area contributed by atoms with Crippen LogP contribution in [-0.4, -0.2) is 20.2 Å². The monoisotopic (exact) mass is 438 g/mol. The van der Waals surface area contributed by atoms with Gasteiger partial charge in [-0.25, -0.2) is 9.07 Å². The number of hydrogen-bond donors (Lipinski definition) is 1. The Morgan fingerprint density at radius 3 is 2.54 bits per heavy atom. The Balaban J connectivity index is 2.61. The van der Waals surface area contributed by atoms with E-state index in [1.54, 1.807) is 29.8 Å². The van der Waals surface area contributed by atoms with Crippen molar-refractivity contribution < 1.29 is 9.50 Å². The van der Waals surface area contributed by atoms with Crippen LogP contribution in [0.25, 0.3) is 5.70 Å². The highest BCUT2D eigenvalue weighted by Gasteiger charge is 2.32. The molecule has 1 unspecified atom stereocenters. The summed E-state index contributed by atoms with van der Waals surface area (Å²) in [6.45, 7) is 9.10. The number of nitrogens with zero attached hydrogens (tertiary/aromatic N) is 2. The normalized spacial score (nSPS) is 14.7. The molecule has 2 aromatic rings. The molecule has 0 radical (unpaired) electrons. The van der Waals surface area contributed by atoms with Gasteiger partial charge in [-0.05, 0) is 50.6 Å². The molecule has 1 atom stereocenters. The highest BCUT2D eigenvalue weighted by Crippen LogP contribution is 2.34. The molecule has 0 amide bonds. The second-order valence-electron chi connectivity index (χ2n) is 6.11. The predicted molar refractivity (Wildman–Crippen MR) is 109 cm³/mol. The first-order valence-corrected chi connectivity index (χ1v) is 9.52. The fourth-order valence-corrected chi connectivity index (χ4v) is 3.32. The van der Waals surface area contributed by atoms with Gasteiger partial charge in [0.05, 0.1) is 11.4 Å². The molecule has 0 saturated heterocycles. The van der Waals surface area contributed by atoms with E-state index in [-0.39, 0.29) is 5.82 Å². The Bertz CT molecular complexity index is 867. The molecule has 0 aliphatic rings. The Kier molecular flexibility index (Phi) is 6.61. The van der Waals surface area contributed by atoms with Crippen LogP contribution < -0.4 is 0 Å². The number of alkyl halides is 1. The maximum absolute atomic E-state index is 13.2. The summed E-state index contributed by atoms with van der Waals surface area (Å²) in [4.78, 5) is 0. The Labute approximate surface area is 166 Å². The molecule has 0 saturated carbocycles. The number of aryl methyl sites for hydroxylation is 1. The number of aliphatic hydroxyl groups is 1. The number of benzene rings is 1. The topological polar surface area (TPSA) is 38.0 Å². The van der Waals surface area contributed by atoms with Crippen molar-refractivity contribution in [3.05, 3.63) is 82.4 Å². The van der Waals surface area contributed by atoms with Gasteiger partial charge >= 0.3 is 0 Å². The van der Waals surface area contributed by atoms with Crippen LogP contribution in [0, 0.1) is 19.7 Å². The summed E-state index contributed by atoms with van der Waals surface area (Å²) in [6, 6.07) is 5.82. The number of aromatic nitrogens is 2. The lowest BCUT2D eigenvalue weighted by molar-refractivity contribution is 0.101. The van der Waals surface area contributed by atoms with Gasteiger partial charge in [-0.2, -0.15) is 5.10 Å². The summed E-state index contributed by atoms with van der Waals surface area (Å²) in [6.07, 6.45) is 5.49. The van der Waals surface area contributed by atoms with Gasteiger partial charge in [0.15, 0.2) is 0 Å². The molecular weight excluding hydrogens is 419 g/mol. The van der Waals surface area contributed by atoms with Crippen LogP contribution in [0.1, 0.15) is 29.4 Å². The molecule has 1 N–H and O–H groups in total. The molecule has 26 heavy (non-hydrogen) atoms. The molecule has 0 spiro atoms. The zero-order valence-electron chi connectivity index (χ0n) is 14.9. The number of hydrogen-bond acceptors (Lipinski definition) is 2. The molecule has 1 heterocycles. The van der Waals surface area contributed by atoms with Crippen molar-refractivity contribution in [2.24, 2.45) is 0 Å². The lowest BCUT2D eigenvalue weighted by atomic mass is 9.87. The van der Waals surface area contributed by atoms with Gasteiger partial charge in [0.25, 0.3) is 0 Å². The lowest BCUT2D eigenvalue weighted by Crippen LogP contribution is -2.24. The third kappa shape index (κ3) is 4.34. The van der Waals surface area contributed by atoms with Crippen molar-refractivity contribution >= 4 is 33.2 Å². The Morgan fingerprint density at radius 1 is 1.38 bits per heavy atom. The van der Waals surface area contributed by atoms with Gasteiger partial charge in [-0.3, -0.25) is 0 Å². The van der Waals surface area contributed by atoms with E-state index in [1.807, 2.05) is 26.0 Å². The standard InChI is InChI=1S/C20H21BrClFN2O/c1-13(22)12-18(6-5-11-21)25-15(3)19(14(2)24-25)20(4,26)16-7-9-17(23)10-8-16/h5-10,12,26H,1,11H2,2-4H3/b6-5-,18-12+. The summed E-state index contributed by atoms with van der Waals surface area (Å²) in [5, 5.41) is 16.8. The highest BCUT2D eigenvalue weighted by atomic mass is 79.9. The van der Waals surface area contributed by atoms with E-state index in [4.69, 9.17) is 11.6 Å². The molecule has 3 nitrogen and oxygen atoms in total. The molecule has 0 fully saturated rings. The van der Waals surface area contributed by atoms with Crippen LogP contribution in [0.5, 0.6) is 0 Å². The third-order valence-electron chi connectivity index (χ3n) is 4.11. The van der Waals surface area contributed by atoms with Crippen molar-refractivity contribution in [1.29, 1.82) is 0 Å². The summed E-state index contributed by atoms with van der Waals surface area (Å²) < 4.78 is 15.0. The largest absolute Gasteiger partial charge is 0.381 e. The second-order valence-corrected chi connectivity index (χ2v) is 7.24. The first kappa shape index (κ1) is 20.6. The molecule has 1 aromatic heterocycles. The van der Waals surface area contributed by atoms with E-state index in [9.17, 15) is 9.50 Å². The fourth-order valence-electron chi connectivity index (χ4n) is 3.02. The summed E-state index contributed by atoms with van der Waals surface area (Å²) >= 11 is 9.31. The summed E-state index contributed by atoms with van der Waals surface area (Å²) in [5.74, 6) is -0.348. The molecule has 138 valence electrons. The Morgan fingerprint density at radius 2 is 2.00 bits per heavy atom. The van der Waals surface area contributed by atoms with Gasteiger partial charge in [-0.15, -0.1) is 0 Å². The van der Waals surface area contributed by atoms with Crippen molar-refractivity contribution in [2.45, 2.75) is 26.4 Å². The van der Waals surface area contributed by atoms with E-state index in [1.165, 1.54) is 12.1 Å². The average Bonchev–Trinajstić information content (AvgIpc) is 2.86. The van der Waals surface area contributed by atoms with Gasteiger partial charge in [0.1, 0.15) is 11.4 Å². The van der Waals surface area contributed by atoms with Crippen molar-refractivity contribution in [2.75, 3.05) is 5.33 Å². The smallest absolute Gasteiger partial charge is 0.123 e. The molecule has 0 bridgehead atoms. The van der Waals surface area contributed by atoms with Crippen LogP contribution in [0.2, 0.25) is 0 Å². The van der Waals surface area contributed by atoms with E-state index in [2.05, 4.69) is 27.6 Å². The maximum atomic E-state index is 13.2. The van der Waals surface area contributed by atoms with E-state index in [0.29, 0.717) is 27.2 Å². The van der Waals surface area contributed by atoms with Crippen LogP contribution >= 0.6 is 27.5 Å². The van der Waals surface area contributed by atoms with Crippen LogP contribution in [0.3, 0.4) is 0 Å². The van der Waals surface area contributed by atoms with Gasteiger partial charge < -0.3 is 5.11 Å². The molecule has 2 rings (SSSR count). The number of halogens is 3.